The maximum atomic E-state index is 13.5. The summed E-state index contributed by atoms with van der Waals surface area (Å²) in [7, 11) is 0. The first-order valence-corrected chi connectivity index (χ1v) is 11.2. The molecule has 3 aliphatic rings. The number of fused-ring (bicyclic) bond motifs is 2. The molecule has 0 bridgehead atoms. The third-order valence-electron chi connectivity index (χ3n) is 5.19. The molecule has 3 aromatic rings. The number of hydrogen-bond donors (Lipinski definition) is 0. The first kappa shape index (κ1) is 20.0. The number of nitrogens with zero attached hydrogens (tertiary/aromatic N) is 2. The predicted octanol–water partition coefficient (Wildman–Crippen LogP) is 5.61. The van der Waals surface area contributed by atoms with Gasteiger partial charge in [-0.2, -0.15) is 0 Å². The average molecular weight is 479 g/mol. The second-order valence-electron chi connectivity index (χ2n) is 7.24. The van der Waals surface area contributed by atoms with Gasteiger partial charge in [-0.3, -0.25) is 9.69 Å². The molecular weight excluding hydrogens is 464 g/mol. The van der Waals surface area contributed by atoms with Crippen molar-refractivity contribution in [3.63, 3.8) is 0 Å². The number of benzene rings is 3. The van der Waals surface area contributed by atoms with Crippen LogP contribution in [0.15, 0.2) is 70.6 Å². The van der Waals surface area contributed by atoms with Gasteiger partial charge in [0.25, 0.3) is 5.91 Å². The highest BCUT2D eigenvalue weighted by Crippen LogP contribution is 2.42. The van der Waals surface area contributed by atoms with E-state index in [1.807, 2.05) is 24.3 Å². The topological polar surface area (TPSA) is 69.6 Å². The fourth-order valence-corrected chi connectivity index (χ4v) is 4.78. The Balaban J connectivity index is 1.43. The zero-order chi connectivity index (χ0) is 22.4. The minimum absolute atomic E-state index is 0.150. The molecule has 0 N–H and O–H groups in total. The van der Waals surface area contributed by atoms with E-state index < -0.39 is 0 Å². The monoisotopic (exact) mass is 478 g/mol. The summed E-state index contributed by atoms with van der Waals surface area (Å²) in [5.74, 6) is 2.29. The number of carbonyl (C=O) groups is 1. The summed E-state index contributed by atoms with van der Waals surface area (Å²) in [4.78, 5) is 20.3. The summed E-state index contributed by atoms with van der Waals surface area (Å²) >= 11 is 7.59. The van der Waals surface area contributed by atoms with Gasteiger partial charge in [-0.1, -0.05) is 29.8 Å². The van der Waals surface area contributed by atoms with Gasteiger partial charge in [0, 0.05) is 17.2 Å². The molecule has 0 radical (unpaired) electrons. The van der Waals surface area contributed by atoms with Crippen LogP contribution in [-0.2, 0) is 4.79 Å². The molecule has 3 heterocycles. The lowest BCUT2D eigenvalue weighted by atomic mass is 10.2. The van der Waals surface area contributed by atoms with E-state index in [0.717, 1.165) is 5.56 Å². The Morgan fingerprint density at radius 2 is 1.58 bits per heavy atom. The Labute approximate surface area is 198 Å². The van der Waals surface area contributed by atoms with Crippen molar-refractivity contribution in [1.29, 1.82) is 0 Å². The van der Waals surface area contributed by atoms with Crippen LogP contribution in [0.3, 0.4) is 0 Å². The maximum Gasteiger partial charge on any atom is 0.271 e. The SMILES string of the molecule is O=C1/C(=C/c2ccccc2Cl)SC(=Nc2ccc3c(c2)OCO3)N1c1ccc2c(c1)OCO2. The lowest BCUT2D eigenvalue weighted by Crippen LogP contribution is -2.28. The van der Waals surface area contributed by atoms with Crippen molar-refractivity contribution in [2.75, 3.05) is 18.5 Å². The fraction of sp³-hybridized carbons (Fsp3) is 0.0833. The summed E-state index contributed by atoms with van der Waals surface area (Å²) in [5, 5.41) is 1.06. The molecule has 9 heteroatoms. The highest BCUT2D eigenvalue weighted by Gasteiger charge is 2.36. The van der Waals surface area contributed by atoms with Gasteiger partial charge in [0.2, 0.25) is 13.6 Å². The highest BCUT2D eigenvalue weighted by atomic mass is 35.5. The molecule has 0 saturated carbocycles. The quantitative estimate of drug-likeness (QED) is 0.456. The van der Waals surface area contributed by atoms with Crippen molar-refractivity contribution in [3.8, 4) is 23.0 Å². The van der Waals surface area contributed by atoms with Crippen molar-refractivity contribution in [3.05, 3.63) is 76.2 Å². The van der Waals surface area contributed by atoms with E-state index in [2.05, 4.69) is 0 Å². The minimum atomic E-state index is -0.210. The van der Waals surface area contributed by atoms with Gasteiger partial charge >= 0.3 is 0 Å². The van der Waals surface area contributed by atoms with E-state index in [-0.39, 0.29) is 19.5 Å². The smallest absolute Gasteiger partial charge is 0.271 e. The van der Waals surface area contributed by atoms with Gasteiger partial charge < -0.3 is 18.9 Å². The summed E-state index contributed by atoms with van der Waals surface area (Å²) in [6.07, 6.45) is 1.78. The van der Waals surface area contributed by atoms with Crippen LogP contribution < -0.4 is 23.8 Å². The molecule has 1 fully saturated rings. The number of carbonyl (C=O) groups excluding carboxylic acids is 1. The maximum absolute atomic E-state index is 13.5. The van der Waals surface area contributed by atoms with Crippen LogP contribution in [0.5, 0.6) is 23.0 Å². The van der Waals surface area contributed by atoms with Crippen molar-refractivity contribution in [2.24, 2.45) is 4.99 Å². The Hall–Kier alpha value is -3.62. The number of anilines is 1. The Kier molecular flexibility index (Phi) is 4.89. The predicted molar refractivity (Wildman–Crippen MR) is 127 cm³/mol. The van der Waals surface area contributed by atoms with Crippen LogP contribution in [-0.4, -0.2) is 24.7 Å². The van der Waals surface area contributed by atoms with Crippen LogP contribution in [0, 0.1) is 0 Å². The van der Waals surface area contributed by atoms with Crippen molar-refractivity contribution in [2.45, 2.75) is 0 Å². The summed E-state index contributed by atoms with van der Waals surface area (Å²) in [6, 6.07) is 18.1. The molecule has 7 nitrogen and oxygen atoms in total. The van der Waals surface area contributed by atoms with E-state index in [4.69, 9.17) is 35.5 Å². The van der Waals surface area contributed by atoms with E-state index in [0.29, 0.717) is 49.5 Å². The zero-order valence-electron chi connectivity index (χ0n) is 17.0. The van der Waals surface area contributed by atoms with Crippen LogP contribution in [0.4, 0.5) is 11.4 Å². The van der Waals surface area contributed by atoms with E-state index in [1.54, 1.807) is 47.4 Å². The molecule has 0 atom stereocenters. The molecule has 3 aliphatic heterocycles. The normalized spacial score (nSPS) is 18.6. The van der Waals surface area contributed by atoms with Crippen molar-refractivity contribution in [1.82, 2.24) is 0 Å². The average Bonchev–Trinajstić information content (AvgIpc) is 3.54. The number of hydrogen-bond acceptors (Lipinski definition) is 7. The van der Waals surface area contributed by atoms with E-state index in [9.17, 15) is 4.79 Å². The Morgan fingerprint density at radius 1 is 0.879 bits per heavy atom. The standard InChI is InChI=1S/C24H15ClN2O5S/c25-17-4-2-1-3-14(17)9-22-23(28)27(16-6-8-19-21(11-16)32-13-30-19)24(33-22)26-15-5-7-18-20(10-15)31-12-29-18/h1-11H,12-13H2/b22-9-,26-24?. The Morgan fingerprint density at radius 3 is 2.36 bits per heavy atom. The van der Waals surface area contributed by atoms with E-state index >= 15 is 0 Å². The Bertz CT molecular complexity index is 1360. The number of ether oxygens (including phenoxy) is 4. The van der Waals surface area contributed by atoms with Gasteiger partial charge in [-0.25, -0.2) is 4.99 Å². The van der Waals surface area contributed by atoms with Crippen LogP contribution in [0.2, 0.25) is 5.02 Å². The van der Waals surface area contributed by atoms with Crippen LogP contribution in [0.25, 0.3) is 6.08 Å². The van der Waals surface area contributed by atoms with Gasteiger partial charge in [0.1, 0.15) is 0 Å². The molecular formula is C24H15ClN2O5S. The largest absolute Gasteiger partial charge is 0.454 e. The number of amides is 1. The molecule has 3 aromatic carbocycles. The third kappa shape index (κ3) is 3.67. The summed E-state index contributed by atoms with van der Waals surface area (Å²) in [5.41, 5.74) is 2.02. The fourth-order valence-electron chi connectivity index (χ4n) is 3.60. The molecule has 0 unspecified atom stereocenters. The number of aliphatic imine (C=N–C) groups is 1. The van der Waals surface area contributed by atoms with Gasteiger partial charge in [0.05, 0.1) is 16.3 Å². The molecule has 1 saturated heterocycles. The molecule has 1 amide bonds. The van der Waals surface area contributed by atoms with Gasteiger partial charge in [-0.05, 0) is 53.7 Å². The lowest BCUT2D eigenvalue weighted by molar-refractivity contribution is -0.113. The second kappa shape index (κ2) is 8.06. The summed E-state index contributed by atoms with van der Waals surface area (Å²) in [6.45, 7) is 0.327. The lowest BCUT2D eigenvalue weighted by Gasteiger charge is -2.16. The van der Waals surface area contributed by atoms with Gasteiger partial charge in [-0.15, -0.1) is 0 Å². The number of rotatable bonds is 3. The number of halogens is 1. The zero-order valence-corrected chi connectivity index (χ0v) is 18.6. The first-order chi connectivity index (χ1) is 16.2. The third-order valence-corrected chi connectivity index (χ3v) is 6.51. The second-order valence-corrected chi connectivity index (χ2v) is 8.66. The number of amidine groups is 1. The molecule has 33 heavy (non-hydrogen) atoms. The molecule has 6 rings (SSSR count). The van der Waals surface area contributed by atoms with Crippen molar-refractivity contribution >= 4 is 51.9 Å². The first-order valence-electron chi connectivity index (χ1n) is 10.0. The molecule has 0 spiro atoms. The van der Waals surface area contributed by atoms with Gasteiger partial charge in [0.15, 0.2) is 28.2 Å². The highest BCUT2D eigenvalue weighted by molar-refractivity contribution is 8.19. The molecule has 0 aliphatic carbocycles. The minimum Gasteiger partial charge on any atom is -0.454 e. The summed E-state index contributed by atoms with van der Waals surface area (Å²) < 4.78 is 21.8. The van der Waals surface area contributed by atoms with Crippen molar-refractivity contribution < 1.29 is 23.7 Å². The van der Waals surface area contributed by atoms with E-state index in [1.165, 1.54) is 11.8 Å². The molecule has 0 aromatic heterocycles. The molecule has 164 valence electrons. The number of thioether (sulfide) groups is 1. The van der Waals surface area contributed by atoms with Crippen LogP contribution >= 0.6 is 23.4 Å². The van der Waals surface area contributed by atoms with Crippen LogP contribution in [0.1, 0.15) is 5.56 Å².